The fourth-order valence-electron chi connectivity index (χ4n) is 6.45. The summed E-state index contributed by atoms with van der Waals surface area (Å²) >= 11 is 0. The van der Waals surface area contributed by atoms with Crippen LogP contribution in [-0.4, -0.2) is 58.4 Å². The fourth-order valence-corrected chi connectivity index (χ4v) is 6.45. The van der Waals surface area contributed by atoms with Gasteiger partial charge in [-0.2, -0.15) is 13.2 Å². The smallest absolute Gasteiger partial charge is 0.475 e. The first kappa shape index (κ1) is 36.9. The number of H-pyrrole nitrogens is 3. The SMILES string of the molecule is CC(C)(N)C(=O)N[C@H](Cc1c[nH]c2ccccc12)c1nnc(CCCc2c[nH]c3ccccc23)n1CCc1c[nH]c2ccccc12.O=C(O)C(F)(F)F. The standard InChI is InChI=1S/C37H40N8O.C2HF3O2/c1-37(2,38)36(46)42-33(20-26-23-41-32-16-8-5-13-29(26)32)35-44-43-34(17-9-10-24-21-39-30-14-6-3-11-27(24)30)45(35)19-18-25-22-40-31-15-7-4-12-28(25)31;3-2(4,5)1(6)7/h3-8,11-16,21-23,33,39-41H,9-10,17-20,38H2,1-2H3,(H,42,46);(H,6,7)/t33-;/m1./s1. The van der Waals surface area contributed by atoms with Crippen molar-refractivity contribution in [2.24, 2.45) is 5.73 Å². The van der Waals surface area contributed by atoms with Gasteiger partial charge < -0.3 is 35.7 Å². The lowest BCUT2D eigenvalue weighted by molar-refractivity contribution is -0.192. The molecule has 0 aliphatic rings. The first-order chi connectivity index (χ1) is 25.3. The van der Waals surface area contributed by atoms with Crippen LogP contribution in [0.15, 0.2) is 91.4 Å². The largest absolute Gasteiger partial charge is 0.490 e. The highest BCUT2D eigenvalue weighted by atomic mass is 19.4. The quantitative estimate of drug-likeness (QED) is 0.0799. The molecule has 11 nitrogen and oxygen atoms in total. The average Bonchev–Trinajstić information content (AvgIpc) is 3.92. The molecule has 0 fully saturated rings. The number of halogens is 3. The molecular weight excluding hydrogens is 685 g/mol. The minimum atomic E-state index is -5.08. The highest BCUT2D eigenvalue weighted by Gasteiger charge is 2.38. The number of amides is 1. The molecule has 7 N–H and O–H groups in total. The van der Waals surface area contributed by atoms with Gasteiger partial charge in [0.1, 0.15) is 5.82 Å². The second-order valence-corrected chi connectivity index (χ2v) is 13.6. The van der Waals surface area contributed by atoms with E-state index in [2.05, 4.69) is 91.8 Å². The molecule has 0 aliphatic heterocycles. The molecule has 7 rings (SSSR count). The molecule has 0 radical (unpaired) electrons. The number of aromatic amines is 3. The zero-order valence-corrected chi connectivity index (χ0v) is 29.3. The van der Waals surface area contributed by atoms with Crippen LogP contribution in [0.5, 0.6) is 0 Å². The molecule has 0 spiro atoms. The van der Waals surface area contributed by atoms with Gasteiger partial charge in [-0.15, -0.1) is 10.2 Å². The molecule has 14 heteroatoms. The maximum absolute atomic E-state index is 13.4. The Hall–Kier alpha value is -5.89. The van der Waals surface area contributed by atoms with E-state index in [1.165, 1.54) is 21.9 Å². The van der Waals surface area contributed by atoms with Crippen molar-refractivity contribution < 1.29 is 27.9 Å². The van der Waals surface area contributed by atoms with Crippen LogP contribution in [0.2, 0.25) is 0 Å². The van der Waals surface area contributed by atoms with Gasteiger partial charge >= 0.3 is 12.1 Å². The summed E-state index contributed by atoms with van der Waals surface area (Å²) < 4.78 is 34.0. The predicted octanol–water partition coefficient (Wildman–Crippen LogP) is 6.91. The molecule has 0 saturated carbocycles. The van der Waals surface area contributed by atoms with Crippen LogP contribution in [-0.2, 0) is 41.8 Å². The molecule has 4 aromatic heterocycles. The van der Waals surface area contributed by atoms with Crippen molar-refractivity contribution in [3.8, 4) is 0 Å². The molecule has 4 heterocycles. The van der Waals surface area contributed by atoms with E-state index < -0.39 is 23.7 Å². The first-order valence-electron chi connectivity index (χ1n) is 17.3. The summed E-state index contributed by atoms with van der Waals surface area (Å²) in [5.41, 5.74) is 12.2. The normalized spacial score (nSPS) is 12.6. The summed E-state index contributed by atoms with van der Waals surface area (Å²) in [5.74, 6) is -1.33. The van der Waals surface area contributed by atoms with Crippen LogP contribution in [0.4, 0.5) is 13.2 Å². The van der Waals surface area contributed by atoms with E-state index in [-0.39, 0.29) is 5.91 Å². The second-order valence-electron chi connectivity index (χ2n) is 13.6. The monoisotopic (exact) mass is 726 g/mol. The van der Waals surface area contributed by atoms with Gasteiger partial charge in [-0.25, -0.2) is 4.79 Å². The molecule has 1 atom stereocenters. The summed E-state index contributed by atoms with van der Waals surface area (Å²) in [6.07, 6.45) is 5.08. The number of rotatable bonds is 12. The number of carbonyl (C=O) groups excluding carboxylic acids is 1. The lowest BCUT2D eigenvalue weighted by Gasteiger charge is -2.24. The average molecular weight is 727 g/mol. The lowest BCUT2D eigenvalue weighted by Crippen LogP contribution is -2.50. The number of benzene rings is 3. The third-order valence-corrected chi connectivity index (χ3v) is 9.20. The molecule has 3 aromatic carbocycles. The Morgan fingerprint density at radius 2 is 1.25 bits per heavy atom. The minimum Gasteiger partial charge on any atom is -0.475 e. The van der Waals surface area contributed by atoms with Gasteiger partial charge in [0.05, 0.1) is 11.6 Å². The van der Waals surface area contributed by atoms with E-state index in [9.17, 15) is 18.0 Å². The third-order valence-electron chi connectivity index (χ3n) is 9.20. The number of para-hydroxylation sites is 3. The second kappa shape index (κ2) is 15.4. The number of aliphatic carboxylic acids is 1. The molecule has 1 amide bonds. The van der Waals surface area contributed by atoms with Gasteiger partial charge in [0.2, 0.25) is 5.91 Å². The molecule has 276 valence electrons. The summed E-state index contributed by atoms with van der Waals surface area (Å²) in [7, 11) is 0. The van der Waals surface area contributed by atoms with Crippen molar-refractivity contribution in [2.75, 3.05) is 0 Å². The van der Waals surface area contributed by atoms with E-state index in [1.807, 2.05) is 24.4 Å². The topological polar surface area (TPSA) is 170 Å². The number of nitrogens with two attached hydrogens (primary N) is 1. The van der Waals surface area contributed by atoms with Crippen molar-refractivity contribution in [2.45, 2.75) is 70.3 Å². The lowest BCUT2D eigenvalue weighted by atomic mass is 10.0. The number of carbonyl (C=O) groups is 2. The first-order valence-corrected chi connectivity index (χ1v) is 17.3. The zero-order chi connectivity index (χ0) is 37.8. The van der Waals surface area contributed by atoms with Gasteiger partial charge in [0, 0.05) is 70.7 Å². The van der Waals surface area contributed by atoms with E-state index in [4.69, 9.17) is 25.8 Å². The van der Waals surface area contributed by atoms with Crippen LogP contribution in [0.1, 0.15) is 54.6 Å². The van der Waals surface area contributed by atoms with Crippen LogP contribution >= 0.6 is 0 Å². The summed E-state index contributed by atoms with van der Waals surface area (Å²) in [6.45, 7) is 4.13. The molecule has 0 bridgehead atoms. The Morgan fingerprint density at radius 1 is 0.774 bits per heavy atom. The number of nitrogens with one attached hydrogen (secondary N) is 4. The van der Waals surface area contributed by atoms with Crippen LogP contribution in [0.3, 0.4) is 0 Å². The number of fused-ring (bicyclic) bond motifs is 3. The van der Waals surface area contributed by atoms with Gasteiger partial charge in [-0.05, 0) is 68.0 Å². The fraction of sp³-hybridized carbons (Fsp3) is 0.282. The maximum Gasteiger partial charge on any atom is 0.490 e. The Balaban J connectivity index is 0.000000626. The highest BCUT2D eigenvalue weighted by Crippen LogP contribution is 2.27. The van der Waals surface area contributed by atoms with Crippen LogP contribution in [0, 0.1) is 0 Å². The number of carboxylic acids is 1. The minimum absolute atomic E-state index is 0.232. The van der Waals surface area contributed by atoms with Gasteiger partial charge in [-0.1, -0.05) is 54.6 Å². The molecule has 53 heavy (non-hydrogen) atoms. The van der Waals surface area contributed by atoms with Crippen molar-refractivity contribution >= 4 is 44.6 Å². The van der Waals surface area contributed by atoms with Crippen LogP contribution < -0.4 is 11.1 Å². The maximum atomic E-state index is 13.4. The number of alkyl halides is 3. The third kappa shape index (κ3) is 8.60. The van der Waals surface area contributed by atoms with Crippen molar-refractivity contribution in [1.82, 2.24) is 35.0 Å². The zero-order valence-electron chi connectivity index (χ0n) is 29.3. The number of nitrogens with zero attached hydrogens (tertiary/aromatic N) is 3. The molecule has 0 saturated heterocycles. The van der Waals surface area contributed by atoms with Crippen molar-refractivity contribution in [3.05, 3.63) is 120 Å². The highest BCUT2D eigenvalue weighted by molar-refractivity contribution is 5.86. The van der Waals surface area contributed by atoms with Crippen molar-refractivity contribution in [1.29, 1.82) is 0 Å². The Kier molecular flexibility index (Phi) is 10.7. The number of aromatic nitrogens is 6. The van der Waals surface area contributed by atoms with Gasteiger partial charge in [0.15, 0.2) is 5.82 Å². The number of hydrogen-bond donors (Lipinski definition) is 6. The van der Waals surface area contributed by atoms with E-state index in [0.717, 1.165) is 64.8 Å². The summed E-state index contributed by atoms with van der Waals surface area (Å²) in [6, 6.07) is 24.6. The number of carboxylic acid groups (broad SMARTS) is 1. The molecule has 0 unspecified atom stereocenters. The number of hydrogen-bond acceptors (Lipinski definition) is 5. The Bertz CT molecular complexity index is 2340. The van der Waals surface area contributed by atoms with Crippen LogP contribution in [0.25, 0.3) is 32.7 Å². The van der Waals surface area contributed by atoms with E-state index >= 15 is 0 Å². The van der Waals surface area contributed by atoms with Gasteiger partial charge in [0.25, 0.3) is 0 Å². The molecule has 0 aliphatic carbocycles. The van der Waals surface area contributed by atoms with Gasteiger partial charge in [-0.3, -0.25) is 4.79 Å². The summed E-state index contributed by atoms with van der Waals surface area (Å²) in [4.78, 5) is 32.4. The Morgan fingerprint density at radius 3 is 1.75 bits per heavy atom. The summed E-state index contributed by atoms with van der Waals surface area (Å²) in [5, 5.41) is 23.5. The number of aryl methyl sites for hydroxylation is 3. The van der Waals surface area contributed by atoms with E-state index in [1.54, 1.807) is 13.8 Å². The van der Waals surface area contributed by atoms with Crippen molar-refractivity contribution in [3.63, 3.8) is 0 Å². The molecular formula is C39H41F3N8O3. The van der Waals surface area contributed by atoms with E-state index in [0.29, 0.717) is 13.0 Å². The molecule has 7 aromatic rings. The predicted molar refractivity (Wildman–Crippen MR) is 197 cm³/mol. The Labute approximate surface area is 302 Å².